The zero-order chi connectivity index (χ0) is 17.8. The lowest BCUT2D eigenvalue weighted by atomic mass is 9.95. The fourth-order valence-electron chi connectivity index (χ4n) is 2.89. The molecular formula is C19H26N4O2. The van der Waals surface area contributed by atoms with E-state index in [1.807, 2.05) is 30.3 Å². The Bertz CT molecular complexity index is 690. The number of nitrogens with one attached hydrogen (secondary N) is 1. The highest BCUT2D eigenvalue weighted by molar-refractivity contribution is 5.79. The Morgan fingerprint density at radius 2 is 1.88 bits per heavy atom. The Morgan fingerprint density at radius 3 is 2.52 bits per heavy atom. The number of carbonyl (C=O) groups excluding carboxylic acids is 1. The number of carbonyl (C=O) groups is 1. The van der Waals surface area contributed by atoms with E-state index < -0.39 is 0 Å². The molecule has 1 unspecified atom stereocenters. The van der Waals surface area contributed by atoms with E-state index >= 15 is 0 Å². The fourth-order valence-corrected chi connectivity index (χ4v) is 2.89. The van der Waals surface area contributed by atoms with Crippen molar-refractivity contribution in [1.82, 2.24) is 15.5 Å². The van der Waals surface area contributed by atoms with Crippen LogP contribution in [-0.4, -0.2) is 35.2 Å². The topological polar surface area (TPSA) is 71.3 Å². The summed E-state index contributed by atoms with van der Waals surface area (Å²) in [6.07, 6.45) is 1.62. The van der Waals surface area contributed by atoms with Gasteiger partial charge in [-0.05, 0) is 43.0 Å². The highest BCUT2D eigenvalue weighted by atomic mass is 16.5. The van der Waals surface area contributed by atoms with Crippen LogP contribution >= 0.6 is 0 Å². The van der Waals surface area contributed by atoms with E-state index in [1.165, 1.54) is 0 Å². The van der Waals surface area contributed by atoms with Gasteiger partial charge in [0.25, 0.3) is 11.8 Å². The first-order valence-corrected chi connectivity index (χ1v) is 8.99. The Balaban J connectivity index is 1.56. The van der Waals surface area contributed by atoms with Gasteiger partial charge in [-0.25, -0.2) is 0 Å². The van der Waals surface area contributed by atoms with Crippen molar-refractivity contribution in [2.45, 2.75) is 39.7 Å². The third-order valence-electron chi connectivity index (χ3n) is 4.95. The molecule has 3 rings (SSSR count). The molecule has 6 nitrogen and oxygen atoms in total. The zero-order valence-corrected chi connectivity index (χ0v) is 15.1. The van der Waals surface area contributed by atoms with Gasteiger partial charge < -0.3 is 14.7 Å². The number of aromatic nitrogens is 2. The first-order chi connectivity index (χ1) is 12.0. The normalized spacial score (nSPS) is 16.9. The molecule has 1 atom stereocenters. The van der Waals surface area contributed by atoms with E-state index in [9.17, 15) is 4.79 Å². The first-order valence-electron chi connectivity index (χ1n) is 8.99. The van der Waals surface area contributed by atoms with Crippen molar-refractivity contribution in [2.75, 3.05) is 18.0 Å². The maximum atomic E-state index is 12.4. The van der Waals surface area contributed by atoms with E-state index in [0.717, 1.165) is 31.5 Å². The van der Waals surface area contributed by atoms with Gasteiger partial charge in [0.15, 0.2) is 0 Å². The molecule has 1 aliphatic heterocycles. The summed E-state index contributed by atoms with van der Waals surface area (Å²) in [5.74, 6) is 1.81. The van der Waals surface area contributed by atoms with E-state index in [4.69, 9.17) is 4.52 Å². The standard InChI is InChI=1S/C19H26N4O2/c1-13(2)14(3)20-17(24)15-9-11-23(12-10-15)19-21-18(25-22-19)16-7-5-4-6-8-16/h4-8,13-15H,9-12H2,1-3H3,(H,20,24). The van der Waals surface area contributed by atoms with Crippen LogP contribution in [0.1, 0.15) is 33.6 Å². The van der Waals surface area contributed by atoms with Gasteiger partial charge in [0, 0.05) is 30.6 Å². The van der Waals surface area contributed by atoms with Crippen molar-refractivity contribution < 1.29 is 9.32 Å². The van der Waals surface area contributed by atoms with Crippen molar-refractivity contribution in [2.24, 2.45) is 11.8 Å². The average Bonchev–Trinajstić information content (AvgIpc) is 3.12. The fraction of sp³-hybridized carbons (Fsp3) is 0.526. The molecule has 0 bridgehead atoms. The summed E-state index contributed by atoms with van der Waals surface area (Å²) in [6, 6.07) is 9.95. The van der Waals surface area contributed by atoms with E-state index in [2.05, 4.69) is 41.1 Å². The molecule has 0 spiro atoms. The molecule has 1 aromatic heterocycles. The maximum Gasteiger partial charge on any atom is 0.266 e. The minimum atomic E-state index is 0.0675. The molecule has 134 valence electrons. The average molecular weight is 342 g/mol. The lowest BCUT2D eigenvalue weighted by molar-refractivity contribution is -0.126. The van der Waals surface area contributed by atoms with Gasteiger partial charge in [0.05, 0.1) is 0 Å². The summed E-state index contributed by atoms with van der Waals surface area (Å²) in [4.78, 5) is 18.9. The molecule has 2 heterocycles. The van der Waals surface area contributed by atoms with Crippen LogP contribution in [0.2, 0.25) is 0 Å². The van der Waals surface area contributed by atoms with Crippen molar-refractivity contribution in [3.05, 3.63) is 30.3 Å². The third-order valence-corrected chi connectivity index (χ3v) is 4.95. The number of piperidine rings is 1. The summed E-state index contributed by atoms with van der Waals surface area (Å²) < 4.78 is 5.38. The molecule has 1 N–H and O–H groups in total. The lowest BCUT2D eigenvalue weighted by Crippen LogP contribution is -2.44. The summed E-state index contributed by atoms with van der Waals surface area (Å²) in [5, 5.41) is 7.22. The van der Waals surface area contributed by atoms with Gasteiger partial charge in [-0.3, -0.25) is 4.79 Å². The highest BCUT2D eigenvalue weighted by Crippen LogP contribution is 2.24. The minimum absolute atomic E-state index is 0.0675. The second-order valence-electron chi connectivity index (χ2n) is 7.07. The summed E-state index contributed by atoms with van der Waals surface area (Å²) in [5.41, 5.74) is 0.915. The summed E-state index contributed by atoms with van der Waals surface area (Å²) >= 11 is 0. The zero-order valence-electron chi connectivity index (χ0n) is 15.1. The molecule has 0 aliphatic carbocycles. The minimum Gasteiger partial charge on any atom is -0.353 e. The van der Waals surface area contributed by atoms with Crippen LogP contribution in [0.4, 0.5) is 5.95 Å². The molecule has 2 aromatic rings. The molecule has 1 aromatic carbocycles. The van der Waals surface area contributed by atoms with Crippen LogP contribution in [0.25, 0.3) is 11.5 Å². The van der Waals surface area contributed by atoms with Gasteiger partial charge in [0.2, 0.25) is 5.91 Å². The number of hydrogen-bond acceptors (Lipinski definition) is 5. The number of hydrogen-bond donors (Lipinski definition) is 1. The van der Waals surface area contributed by atoms with Crippen LogP contribution in [0.3, 0.4) is 0 Å². The summed E-state index contributed by atoms with van der Waals surface area (Å²) in [6.45, 7) is 7.83. The Kier molecular flexibility index (Phi) is 5.36. The molecule has 6 heteroatoms. The van der Waals surface area contributed by atoms with Gasteiger partial charge in [-0.1, -0.05) is 32.0 Å². The number of rotatable bonds is 5. The van der Waals surface area contributed by atoms with Crippen LogP contribution in [0.15, 0.2) is 34.9 Å². The quantitative estimate of drug-likeness (QED) is 0.904. The van der Waals surface area contributed by atoms with Crippen molar-refractivity contribution in [1.29, 1.82) is 0 Å². The third kappa shape index (κ3) is 4.18. The second-order valence-corrected chi connectivity index (χ2v) is 7.07. The molecule has 1 aliphatic rings. The SMILES string of the molecule is CC(C)C(C)NC(=O)C1CCN(c2noc(-c3ccccc3)n2)CC1. The molecule has 0 saturated carbocycles. The molecule has 1 amide bonds. The molecular weight excluding hydrogens is 316 g/mol. The highest BCUT2D eigenvalue weighted by Gasteiger charge is 2.28. The monoisotopic (exact) mass is 342 g/mol. The predicted octanol–water partition coefficient (Wildman–Crippen LogP) is 3.11. The van der Waals surface area contributed by atoms with E-state index in [1.54, 1.807) is 0 Å². The predicted molar refractivity (Wildman–Crippen MR) is 97.1 cm³/mol. The Labute approximate surface area is 148 Å². The molecule has 0 radical (unpaired) electrons. The summed E-state index contributed by atoms with van der Waals surface area (Å²) in [7, 11) is 0. The number of benzene rings is 1. The number of nitrogens with zero attached hydrogens (tertiary/aromatic N) is 3. The molecule has 25 heavy (non-hydrogen) atoms. The van der Waals surface area contributed by atoms with Crippen LogP contribution < -0.4 is 10.2 Å². The maximum absolute atomic E-state index is 12.4. The molecule has 1 saturated heterocycles. The van der Waals surface area contributed by atoms with Crippen LogP contribution in [-0.2, 0) is 4.79 Å². The number of amides is 1. The smallest absolute Gasteiger partial charge is 0.266 e. The van der Waals surface area contributed by atoms with Gasteiger partial charge in [0.1, 0.15) is 0 Å². The molecule has 1 fully saturated rings. The Morgan fingerprint density at radius 1 is 1.20 bits per heavy atom. The second kappa shape index (κ2) is 7.68. The van der Waals surface area contributed by atoms with E-state index in [0.29, 0.717) is 17.8 Å². The van der Waals surface area contributed by atoms with Crippen molar-refractivity contribution >= 4 is 11.9 Å². The van der Waals surface area contributed by atoms with Gasteiger partial charge in [-0.2, -0.15) is 4.98 Å². The lowest BCUT2D eigenvalue weighted by Gasteiger charge is -2.31. The van der Waals surface area contributed by atoms with Crippen molar-refractivity contribution in [3.63, 3.8) is 0 Å². The van der Waals surface area contributed by atoms with Gasteiger partial charge >= 0.3 is 0 Å². The van der Waals surface area contributed by atoms with Crippen molar-refractivity contribution in [3.8, 4) is 11.5 Å². The van der Waals surface area contributed by atoms with E-state index in [-0.39, 0.29) is 17.9 Å². The van der Waals surface area contributed by atoms with Crippen LogP contribution in [0.5, 0.6) is 0 Å². The first kappa shape index (κ1) is 17.5. The largest absolute Gasteiger partial charge is 0.353 e. The number of anilines is 1. The Hall–Kier alpha value is -2.37. The van der Waals surface area contributed by atoms with Crippen LogP contribution in [0, 0.1) is 11.8 Å². The van der Waals surface area contributed by atoms with Gasteiger partial charge in [-0.15, -0.1) is 0 Å².